The summed E-state index contributed by atoms with van der Waals surface area (Å²) in [6.45, 7) is 0.873. The average molecular weight is 238 g/mol. The Morgan fingerprint density at radius 3 is 2.92 bits per heavy atom. The molecule has 13 heavy (non-hydrogen) atoms. The van der Waals surface area contributed by atoms with E-state index in [1.807, 2.05) is 4.90 Å². The van der Waals surface area contributed by atoms with Crippen LogP contribution in [0.5, 0.6) is 0 Å². The van der Waals surface area contributed by atoms with Crippen molar-refractivity contribution in [3.8, 4) is 0 Å². The van der Waals surface area contributed by atoms with Crippen LogP contribution in [0.2, 0.25) is 0 Å². The second kappa shape index (κ2) is 2.35. The Kier molecular flexibility index (Phi) is 1.37. The van der Waals surface area contributed by atoms with E-state index in [0.717, 1.165) is 17.4 Å². The van der Waals surface area contributed by atoms with Gasteiger partial charge in [0.1, 0.15) is 0 Å². The van der Waals surface area contributed by atoms with Crippen LogP contribution in [-0.2, 0) is 17.6 Å². The molecule has 3 heteroatoms. The van der Waals surface area contributed by atoms with Crippen molar-refractivity contribution in [2.45, 2.75) is 12.8 Å². The standard InChI is InChI=1S/C10H8BrNO/c11-8-3-6-1-2-12-9(13)5-7(4-8)10(6)12/h3-4H,1-2,5H2. The second-order valence-electron chi connectivity index (χ2n) is 3.54. The van der Waals surface area contributed by atoms with Gasteiger partial charge >= 0.3 is 0 Å². The first-order valence-electron chi connectivity index (χ1n) is 4.37. The molecule has 0 bridgehead atoms. The molecule has 0 aromatic heterocycles. The predicted octanol–water partition coefficient (Wildman–Crippen LogP) is 1.89. The number of benzene rings is 1. The highest BCUT2D eigenvalue weighted by atomic mass is 79.9. The summed E-state index contributed by atoms with van der Waals surface area (Å²) in [6.07, 6.45) is 1.59. The number of carbonyl (C=O) groups excluding carboxylic acids is 1. The van der Waals surface area contributed by atoms with Crippen molar-refractivity contribution in [3.05, 3.63) is 27.7 Å². The largest absolute Gasteiger partial charge is 0.311 e. The Hall–Kier alpha value is -0.830. The van der Waals surface area contributed by atoms with Gasteiger partial charge in [0.2, 0.25) is 5.91 Å². The van der Waals surface area contributed by atoms with Gasteiger partial charge in [0.25, 0.3) is 0 Å². The maximum atomic E-state index is 11.5. The lowest BCUT2D eigenvalue weighted by Gasteiger charge is -2.08. The zero-order chi connectivity index (χ0) is 9.00. The van der Waals surface area contributed by atoms with Crippen LogP contribution in [0.15, 0.2) is 16.6 Å². The van der Waals surface area contributed by atoms with E-state index in [2.05, 4.69) is 28.1 Å². The van der Waals surface area contributed by atoms with E-state index in [9.17, 15) is 4.79 Å². The van der Waals surface area contributed by atoms with Crippen LogP contribution in [-0.4, -0.2) is 12.5 Å². The minimum Gasteiger partial charge on any atom is -0.311 e. The molecule has 0 atom stereocenters. The Morgan fingerprint density at radius 1 is 1.31 bits per heavy atom. The van der Waals surface area contributed by atoms with Crippen molar-refractivity contribution >= 4 is 27.5 Å². The third kappa shape index (κ3) is 0.908. The fourth-order valence-corrected chi connectivity index (χ4v) is 2.79. The van der Waals surface area contributed by atoms with Crippen LogP contribution in [0.1, 0.15) is 11.1 Å². The van der Waals surface area contributed by atoms with Gasteiger partial charge in [0.05, 0.1) is 12.1 Å². The molecule has 1 aromatic carbocycles. The van der Waals surface area contributed by atoms with Crippen LogP contribution in [0.3, 0.4) is 0 Å². The van der Waals surface area contributed by atoms with Crippen molar-refractivity contribution < 1.29 is 4.79 Å². The zero-order valence-corrected chi connectivity index (χ0v) is 8.60. The number of rotatable bonds is 0. The van der Waals surface area contributed by atoms with Crippen LogP contribution in [0.4, 0.5) is 5.69 Å². The molecule has 2 nitrogen and oxygen atoms in total. The Bertz CT molecular complexity index is 414. The molecule has 1 aromatic rings. The molecular formula is C10H8BrNO. The van der Waals surface area contributed by atoms with E-state index in [1.165, 1.54) is 16.8 Å². The molecule has 0 radical (unpaired) electrons. The van der Waals surface area contributed by atoms with Gasteiger partial charge in [0, 0.05) is 11.0 Å². The summed E-state index contributed by atoms with van der Waals surface area (Å²) >= 11 is 3.47. The van der Waals surface area contributed by atoms with Gasteiger partial charge in [-0.3, -0.25) is 4.79 Å². The molecule has 2 aliphatic rings. The van der Waals surface area contributed by atoms with Crippen LogP contribution in [0, 0.1) is 0 Å². The van der Waals surface area contributed by atoms with Gasteiger partial charge in [-0.15, -0.1) is 0 Å². The summed E-state index contributed by atoms with van der Waals surface area (Å²) in [4.78, 5) is 13.4. The maximum Gasteiger partial charge on any atom is 0.231 e. The third-order valence-corrected chi connectivity index (χ3v) is 3.21. The molecule has 0 spiro atoms. The molecular weight excluding hydrogens is 230 g/mol. The highest BCUT2D eigenvalue weighted by Crippen LogP contribution is 2.39. The number of hydrogen-bond donors (Lipinski definition) is 0. The molecule has 0 N–H and O–H groups in total. The molecule has 2 aliphatic heterocycles. The molecule has 3 rings (SSSR count). The molecule has 0 saturated carbocycles. The van der Waals surface area contributed by atoms with Crippen molar-refractivity contribution in [1.29, 1.82) is 0 Å². The van der Waals surface area contributed by atoms with E-state index in [-0.39, 0.29) is 5.91 Å². The number of amides is 1. The minimum atomic E-state index is 0.256. The zero-order valence-electron chi connectivity index (χ0n) is 7.01. The van der Waals surface area contributed by atoms with Crippen LogP contribution >= 0.6 is 15.9 Å². The molecule has 1 amide bonds. The summed E-state index contributed by atoms with van der Waals surface area (Å²) in [5.74, 6) is 0.256. The van der Waals surface area contributed by atoms with E-state index >= 15 is 0 Å². The number of nitrogens with zero attached hydrogens (tertiary/aromatic N) is 1. The van der Waals surface area contributed by atoms with Crippen LogP contribution < -0.4 is 4.90 Å². The summed E-state index contributed by atoms with van der Waals surface area (Å²) in [5, 5.41) is 0. The number of hydrogen-bond acceptors (Lipinski definition) is 1. The lowest BCUT2D eigenvalue weighted by molar-refractivity contribution is -0.117. The van der Waals surface area contributed by atoms with Gasteiger partial charge in [-0.1, -0.05) is 15.9 Å². The van der Waals surface area contributed by atoms with E-state index < -0.39 is 0 Å². The third-order valence-electron chi connectivity index (χ3n) is 2.75. The summed E-state index contributed by atoms with van der Waals surface area (Å²) in [6, 6.07) is 4.18. The number of anilines is 1. The molecule has 66 valence electrons. The Balaban J connectivity index is 2.30. The highest BCUT2D eigenvalue weighted by Gasteiger charge is 2.33. The summed E-state index contributed by atoms with van der Waals surface area (Å²) in [7, 11) is 0. The van der Waals surface area contributed by atoms with E-state index in [4.69, 9.17) is 0 Å². The lowest BCUT2D eigenvalue weighted by atomic mass is 10.1. The van der Waals surface area contributed by atoms with Crippen molar-refractivity contribution in [2.75, 3.05) is 11.4 Å². The van der Waals surface area contributed by atoms with Crippen molar-refractivity contribution in [2.24, 2.45) is 0 Å². The quantitative estimate of drug-likeness (QED) is 0.675. The fraction of sp³-hybridized carbons (Fsp3) is 0.300. The number of carbonyl (C=O) groups is 1. The van der Waals surface area contributed by atoms with E-state index in [1.54, 1.807) is 0 Å². The van der Waals surface area contributed by atoms with Crippen LogP contribution in [0.25, 0.3) is 0 Å². The highest BCUT2D eigenvalue weighted by molar-refractivity contribution is 9.10. The summed E-state index contributed by atoms with van der Waals surface area (Å²) < 4.78 is 1.10. The molecule has 0 saturated heterocycles. The molecule has 2 heterocycles. The normalized spacial score (nSPS) is 18.2. The van der Waals surface area contributed by atoms with Gasteiger partial charge < -0.3 is 4.90 Å². The minimum absolute atomic E-state index is 0.256. The predicted molar refractivity (Wildman–Crippen MR) is 53.9 cm³/mol. The molecule has 0 unspecified atom stereocenters. The average Bonchev–Trinajstić information content (AvgIpc) is 2.58. The number of halogens is 1. The summed E-state index contributed by atoms with van der Waals surface area (Å²) in [5.41, 5.74) is 3.69. The lowest BCUT2D eigenvalue weighted by Crippen LogP contribution is -2.24. The second-order valence-corrected chi connectivity index (χ2v) is 4.46. The first-order chi connectivity index (χ1) is 6.25. The molecule has 0 fully saturated rings. The smallest absolute Gasteiger partial charge is 0.231 e. The first kappa shape index (κ1) is 7.56. The SMILES string of the molecule is O=C1Cc2cc(Br)cc3c2N1CC3. The molecule has 0 aliphatic carbocycles. The van der Waals surface area contributed by atoms with Crippen molar-refractivity contribution in [1.82, 2.24) is 0 Å². The Labute approximate surface area is 84.7 Å². The Morgan fingerprint density at radius 2 is 2.08 bits per heavy atom. The monoisotopic (exact) mass is 237 g/mol. The first-order valence-corrected chi connectivity index (χ1v) is 5.16. The van der Waals surface area contributed by atoms with E-state index in [0.29, 0.717) is 6.42 Å². The van der Waals surface area contributed by atoms with Gasteiger partial charge in [-0.25, -0.2) is 0 Å². The van der Waals surface area contributed by atoms with Crippen molar-refractivity contribution in [3.63, 3.8) is 0 Å². The van der Waals surface area contributed by atoms with Gasteiger partial charge in [-0.05, 0) is 29.7 Å². The topological polar surface area (TPSA) is 20.3 Å². The fourth-order valence-electron chi connectivity index (χ4n) is 2.24. The maximum absolute atomic E-state index is 11.5. The van der Waals surface area contributed by atoms with Gasteiger partial charge in [0.15, 0.2) is 0 Å². The van der Waals surface area contributed by atoms with Gasteiger partial charge in [-0.2, -0.15) is 0 Å².